The second-order valence-electron chi connectivity index (χ2n) is 4.29. The molecule has 0 spiro atoms. The second kappa shape index (κ2) is 6.54. The van der Waals surface area contributed by atoms with Gasteiger partial charge in [0.05, 0.1) is 6.54 Å². The lowest BCUT2D eigenvalue weighted by Gasteiger charge is -2.13. The van der Waals surface area contributed by atoms with E-state index < -0.39 is 0 Å². The van der Waals surface area contributed by atoms with Gasteiger partial charge >= 0.3 is 0 Å². The first-order valence-corrected chi connectivity index (χ1v) is 6.28. The van der Waals surface area contributed by atoms with Gasteiger partial charge in [0.25, 0.3) is 0 Å². The summed E-state index contributed by atoms with van der Waals surface area (Å²) in [5.41, 5.74) is 1.83. The van der Waals surface area contributed by atoms with Crippen molar-refractivity contribution in [1.82, 2.24) is 0 Å². The molecule has 0 fully saturated rings. The average molecular weight is 256 g/mol. The van der Waals surface area contributed by atoms with Crippen LogP contribution in [0.1, 0.15) is 12.0 Å². The molecule has 0 N–H and O–H groups in total. The van der Waals surface area contributed by atoms with E-state index in [2.05, 4.69) is 0 Å². The van der Waals surface area contributed by atoms with Crippen molar-refractivity contribution in [3.05, 3.63) is 76.3 Å². The maximum Gasteiger partial charge on any atom is 0.165 e. The molecule has 0 unspecified atom stereocenters. The van der Waals surface area contributed by atoms with Crippen LogP contribution in [0, 0.1) is 10.1 Å². The molecule has 0 bridgehead atoms. The second-order valence-corrected chi connectivity index (χ2v) is 4.29. The third kappa shape index (κ3) is 3.81. The van der Waals surface area contributed by atoms with Crippen LogP contribution in [0.3, 0.4) is 0 Å². The molecule has 0 amide bonds. The van der Waals surface area contributed by atoms with Crippen LogP contribution in [-0.4, -0.2) is 11.6 Å². The maximum absolute atomic E-state index is 11.1. The first-order valence-electron chi connectivity index (χ1n) is 6.28. The largest absolute Gasteiger partial charge is 0.234 e. The zero-order valence-electron chi connectivity index (χ0n) is 10.6. The molecule has 0 aliphatic carbocycles. The van der Waals surface area contributed by atoms with Gasteiger partial charge in [-0.2, -0.15) is 0 Å². The van der Waals surface area contributed by atoms with Crippen molar-refractivity contribution in [1.29, 1.82) is 0 Å². The lowest BCUT2D eigenvalue weighted by atomic mass is 10.1. The molecule has 0 saturated carbocycles. The minimum Gasteiger partial charge on any atom is -0.234 e. The summed E-state index contributed by atoms with van der Waals surface area (Å²) in [6, 6.07) is 19.0. The molecule has 4 nitrogen and oxygen atoms in total. The Balaban J connectivity index is 1.94. The van der Waals surface area contributed by atoms with Crippen molar-refractivity contribution in [2.75, 3.05) is 11.6 Å². The van der Waals surface area contributed by atoms with Gasteiger partial charge in [-0.1, -0.05) is 53.5 Å². The summed E-state index contributed by atoms with van der Waals surface area (Å²) in [5.74, 6) is 0. The molecular weight excluding hydrogens is 240 g/mol. The number of hydrogen-bond acceptors (Lipinski definition) is 2. The van der Waals surface area contributed by atoms with Gasteiger partial charge < -0.3 is 0 Å². The number of para-hydroxylation sites is 1. The van der Waals surface area contributed by atoms with Crippen molar-refractivity contribution >= 4 is 5.69 Å². The lowest BCUT2D eigenvalue weighted by Crippen LogP contribution is -2.31. The molecule has 2 aromatic rings. The first-order chi connectivity index (χ1) is 9.27. The van der Waals surface area contributed by atoms with E-state index in [1.165, 1.54) is 10.6 Å². The molecule has 0 aliphatic rings. The van der Waals surface area contributed by atoms with Crippen LogP contribution in [0.2, 0.25) is 0 Å². The summed E-state index contributed by atoms with van der Waals surface area (Å²) in [7, 11) is 0. The number of nitro groups is 1. The summed E-state index contributed by atoms with van der Waals surface area (Å²) < 4.78 is 0. The van der Waals surface area contributed by atoms with E-state index in [-0.39, 0.29) is 5.03 Å². The molecule has 0 radical (unpaired) electrons. The van der Waals surface area contributed by atoms with Gasteiger partial charge in [-0.25, -0.2) is 10.1 Å². The van der Waals surface area contributed by atoms with E-state index in [0.29, 0.717) is 12.2 Å². The van der Waals surface area contributed by atoms with Gasteiger partial charge in [0.15, 0.2) is 5.03 Å². The standard InChI is InChI=1S/C15H16N2O2/c18-17(19)16(15-11-5-2-6-12-15)13-7-10-14-8-3-1-4-9-14/h1-6,8-9,11-12H,7,10,13H2. The van der Waals surface area contributed by atoms with Crippen molar-refractivity contribution in [3.63, 3.8) is 0 Å². The van der Waals surface area contributed by atoms with Gasteiger partial charge in [-0.3, -0.25) is 0 Å². The fourth-order valence-corrected chi connectivity index (χ4v) is 1.98. The molecule has 4 heteroatoms. The molecule has 0 aromatic heterocycles. The van der Waals surface area contributed by atoms with Gasteiger partial charge in [0.2, 0.25) is 0 Å². The highest BCUT2D eigenvalue weighted by atomic mass is 16.7. The zero-order chi connectivity index (χ0) is 13.5. The number of anilines is 1. The normalized spacial score (nSPS) is 10.1. The Hall–Kier alpha value is -2.36. The molecule has 0 atom stereocenters. The Morgan fingerprint density at radius 1 is 0.947 bits per heavy atom. The van der Waals surface area contributed by atoms with E-state index in [0.717, 1.165) is 12.8 Å². The van der Waals surface area contributed by atoms with Gasteiger partial charge in [0.1, 0.15) is 5.69 Å². The summed E-state index contributed by atoms with van der Waals surface area (Å²) in [4.78, 5) is 11.1. The van der Waals surface area contributed by atoms with E-state index in [9.17, 15) is 10.1 Å². The number of nitrogens with zero attached hydrogens (tertiary/aromatic N) is 2. The molecular formula is C15H16N2O2. The van der Waals surface area contributed by atoms with Crippen LogP contribution < -0.4 is 5.01 Å². The van der Waals surface area contributed by atoms with Crippen LogP contribution in [0.25, 0.3) is 0 Å². The Bertz CT molecular complexity index is 514. The van der Waals surface area contributed by atoms with Crippen molar-refractivity contribution in [2.24, 2.45) is 0 Å². The fraction of sp³-hybridized carbons (Fsp3) is 0.200. The summed E-state index contributed by atoms with van der Waals surface area (Å²) >= 11 is 0. The van der Waals surface area contributed by atoms with Crippen LogP contribution in [0.15, 0.2) is 60.7 Å². The van der Waals surface area contributed by atoms with Crippen LogP contribution in [0.5, 0.6) is 0 Å². The maximum atomic E-state index is 11.1. The number of hydrazine groups is 1. The average Bonchev–Trinajstić information content (AvgIpc) is 2.45. The van der Waals surface area contributed by atoms with Crippen molar-refractivity contribution in [2.45, 2.75) is 12.8 Å². The Morgan fingerprint density at radius 2 is 1.53 bits per heavy atom. The Labute approximate surface area is 112 Å². The number of aryl methyl sites for hydroxylation is 1. The number of rotatable bonds is 6. The summed E-state index contributed by atoms with van der Waals surface area (Å²) in [6.07, 6.45) is 1.60. The van der Waals surface area contributed by atoms with Gasteiger partial charge in [-0.05, 0) is 30.5 Å². The smallest absolute Gasteiger partial charge is 0.165 e. The van der Waals surface area contributed by atoms with Crippen molar-refractivity contribution in [3.8, 4) is 0 Å². The highest BCUT2D eigenvalue weighted by Gasteiger charge is 2.15. The van der Waals surface area contributed by atoms with Crippen molar-refractivity contribution < 1.29 is 5.03 Å². The van der Waals surface area contributed by atoms with Crippen LogP contribution in [-0.2, 0) is 6.42 Å². The minimum absolute atomic E-state index is 0.347. The zero-order valence-corrected chi connectivity index (χ0v) is 10.6. The van der Waals surface area contributed by atoms with E-state index in [4.69, 9.17) is 0 Å². The Morgan fingerprint density at radius 3 is 2.11 bits per heavy atom. The van der Waals surface area contributed by atoms with E-state index >= 15 is 0 Å². The predicted molar refractivity (Wildman–Crippen MR) is 75.5 cm³/mol. The molecule has 0 aliphatic heterocycles. The highest BCUT2D eigenvalue weighted by molar-refractivity contribution is 5.42. The van der Waals surface area contributed by atoms with Crippen LogP contribution in [0.4, 0.5) is 5.69 Å². The SMILES string of the molecule is O=[N+]([O-])N(CCCc1ccccc1)c1ccccc1. The van der Waals surface area contributed by atoms with Gasteiger partial charge in [-0.15, -0.1) is 0 Å². The van der Waals surface area contributed by atoms with E-state index in [1.807, 2.05) is 48.5 Å². The molecule has 0 saturated heterocycles. The fourth-order valence-electron chi connectivity index (χ4n) is 1.98. The summed E-state index contributed by atoms with van der Waals surface area (Å²) in [5, 5.41) is 11.9. The molecule has 2 rings (SSSR count). The summed E-state index contributed by atoms with van der Waals surface area (Å²) in [6.45, 7) is 0.409. The third-order valence-electron chi connectivity index (χ3n) is 2.93. The topological polar surface area (TPSA) is 46.4 Å². The number of hydrogen-bond donors (Lipinski definition) is 0. The molecule has 0 heterocycles. The minimum atomic E-state index is -0.347. The van der Waals surface area contributed by atoms with Gasteiger partial charge in [0, 0.05) is 0 Å². The van der Waals surface area contributed by atoms with Crippen LogP contribution >= 0.6 is 0 Å². The first kappa shape index (κ1) is 13.1. The monoisotopic (exact) mass is 256 g/mol. The predicted octanol–water partition coefficient (Wildman–Crippen LogP) is 3.32. The quantitative estimate of drug-likeness (QED) is 0.588. The third-order valence-corrected chi connectivity index (χ3v) is 2.93. The molecule has 19 heavy (non-hydrogen) atoms. The number of benzene rings is 2. The lowest BCUT2D eigenvalue weighted by molar-refractivity contribution is -0.494. The van der Waals surface area contributed by atoms with E-state index in [1.54, 1.807) is 12.1 Å². The molecule has 98 valence electrons. The Kier molecular flexibility index (Phi) is 4.50. The highest BCUT2D eigenvalue weighted by Crippen LogP contribution is 2.14. The molecule has 2 aromatic carbocycles.